The number of para-hydroxylation sites is 1. The van der Waals surface area contributed by atoms with E-state index in [1.165, 1.54) is 44.3 Å². The predicted molar refractivity (Wildman–Crippen MR) is 186 cm³/mol. The van der Waals surface area contributed by atoms with Crippen LogP contribution in [0.4, 0.5) is 0 Å². The van der Waals surface area contributed by atoms with Gasteiger partial charge in [0.1, 0.15) is 0 Å². The summed E-state index contributed by atoms with van der Waals surface area (Å²) >= 11 is 0. The second-order valence-corrected chi connectivity index (χ2v) is 11.5. The molecule has 0 atom stereocenters. The number of benzene rings is 5. The van der Waals surface area contributed by atoms with Crippen LogP contribution in [0.3, 0.4) is 0 Å². The number of aromatic nitrogens is 4. The van der Waals surface area contributed by atoms with Gasteiger partial charge in [0.05, 0.1) is 33.5 Å². The largest absolute Gasteiger partial charge is 0.311 e. The third-order valence-electron chi connectivity index (χ3n) is 8.83. The minimum absolute atomic E-state index is 0.727. The average molecular weight is 577 g/mol. The summed E-state index contributed by atoms with van der Waals surface area (Å²) in [4.78, 5) is 10.2. The molecule has 5 aromatic carbocycles. The van der Waals surface area contributed by atoms with Crippen LogP contribution in [0.1, 0.15) is 5.69 Å². The smallest absolute Gasteiger partial charge is 0.160 e. The Morgan fingerprint density at radius 3 is 1.91 bits per heavy atom. The molecule has 0 aliphatic heterocycles. The Morgan fingerprint density at radius 1 is 0.511 bits per heavy atom. The average Bonchev–Trinajstić information content (AvgIpc) is 3.62. The lowest BCUT2D eigenvalue weighted by molar-refractivity contribution is 1.10. The van der Waals surface area contributed by atoms with Crippen LogP contribution in [-0.2, 0) is 0 Å². The van der Waals surface area contributed by atoms with E-state index >= 15 is 0 Å². The van der Waals surface area contributed by atoms with E-state index in [-0.39, 0.29) is 0 Å². The first-order valence-corrected chi connectivity index (χ1v) is 15.3. The summed E-state index contributed by atoms with van der Waals surface area (Å²) in [6.07, 6.45) is 0. The van der Waals surface area contributed by atoms with Crippen molar-refractivity contribution >= 4 is 38.2 Å². The summed E-state index contributed by atoms with van der Waals surface area (Å²) in [6, 6.07) is 53.4. The lowest BCUT2D eigenvalue weighted by atomic mass is 10.0. The van der Waals surface area contributed by atoms with Crippen molar-refractivity contribution in [2.75, 3.05) is 0 Å². The van der Waals surface area contributed by atoms with Crippen molar-refractivity contribution in [1.29, 1.82) is 0 Å². The van der Waals surface area contributed by atoms with Crippen molar-refractivity contribution in [1.82, 2.24) is 18.9 Å². The topological polar surface area (TPSA) is 35.1 Å². The number of hydrogen-bond acceptors (Lipinski definition) is 2. The molecule has 0 saturated heterocycles. The molecule has 4 heteroatoms. The van der Waals surface area contributed by atoms with Crippen LogP contribution >= 0.6 is 0 Å². The number of fused-ring (bicyclic) bond motifs is 6. The number of nitrogens with zero attached hydrogens (tertiary/aromatic N) is 4. The summed E-state index contributed by atoms with van der Waals surface area (Å²) in [5.41, 5.74) is 12.2. The third kappa shape index (κ3) is 3.93. The first-order valence-electron chi connectivity index (χ1n) is 15.3. The van der Waals surface area contributed by atoms with Crippen LogP contribution in [0.15, 0.2) is 152 Å². The highest BCUT2D eigenvalue weighted by atomic mass is 15.0. The standard InChI is InChI=1S/C41H28N4/c1-27-14-13-23-36-40-37(39(44(27)36)29-17-7-3-8-18-29)32-21-11-12-22-35(32)45(40)31-24-25-34-33(26-31)38(28-15-5-2-6-16-28)43-41(42-34)30-19-9-4-10-20-30/h2-26H,1H3. The van der Waals surface area contributed by atoms with Gasteiger partial charge in [-0.15, -0.1) is 0 Å². The second-order valence-electron chi connectivity index (χ2n) is 11.5. The van der Waals surface area contributed by atoms with Crippen molar-refractivity contribution in [2.24, 2.45) is 0 Å². The molecular weight excluding hydrogens is 548 g/mol. The Labute approximate surface area is 260 Å². The molecule has 9 aromatic rings. The second kappa shape index (κ2) is 10.0. The molecule has 4 heterocycles. The maximum absolute atomic E-state index is 5.17. The van der Waals surface area contributed by atoms with Gasteiger partial charge in [0.25, 0.3) is 0 Å². The highest BCUT2D eigenvalue weighted by Crippen LogP contribution is 2.43. The van der Waals surface area contributed by atoms with Gasteiger partial charge >= 0.3 is 0 Å². The molecule has 4 nitrogen and oxygen atoms in total. The Morgan fingerprint density at radius 2 is 1.16 bits per heavy atom. The molecule has 0 bridgehead atoms. The minimum Gasteiger partial charge on any atom is -0.311 e. The van der Waals surface area contributed by atoms with Gasteiger partial charge in [-0.3, -0.25) is 0 Å². The molecule has 0 amide bonds. The van der Waals surface area contributed by atoms with Gasteiger partial charge in [-0.25, -0.2) is 9.97 Å². The first-order chi connectivity index (χ1) is 22.3. The summed E-state index contributed by atoms with van der Waals surface area (Å²) in [7, 11) is 0. The van der Waals surface area contributed by atoms with Crippen molar-refractivity contribution in [3.63, 3.8) is 0 Å². The molecule has 0 radical (unpaired) electrons. The lowest BCUT2D eigenvalue weighted by Crippen LogP contribution is -1.99. The van der Waals surface area contributed by atoms with Gasteiger partial charge in [-0.05, 0) is 48.9 Å². The number of pyridine rings is 1. The Balaban J connectivity index is 1.39. The molecule has 0 N–H and O–H groups in total. The summed E-state index contributed by atoms with van der Waals surface area (Å²) in [5.74, 6) is 0.727. The third-order valence-corrected chi connectivity index (χ3v) is 8.83. The van der Waals surface area contributed by atoms with Crippen molar-refractivity contribution in [3.05, 3.63) is 157 Å². The normalized spacial score (nSPS) is 11.7. The van der Waals surface area contributed by atoms with Crippen molar-refractivity contribution in [2.45, 2.75) is 6.92 Å². The molecule has 45 heavy (non-hydrogen) atoms. The van der Waals surface area contributed by atoms with Crippen molar-refractivity contribution in [3.8, 4) is 39.6 Å². The van der Waals surface area contributed by atoms with Crippen LogP contribution in [0.25, 0.3) is 77.8 Å². The fourth-order valence-electron chi connectivity index (χ4n) is 6.86. The van der Waals surface area contributed by atoms with E-state index in [0.717, 1.165) is 39.2 Å². The maximum Gasteiger partial charge on any atom is 0.160 e. The number of aryl methyl sites for hydroxylation is 1. The lowest BCUT2D eigenvalue weighted by Gasteiger charge is -2.13. The fourth-order valence-corrected chi connectivity index (χ4v) is 6.86. The van der Waals surface area contributed by atoms with Gasteiger partial charge in [-0.2, -0.15) is 0 Å². The molecule has 212 valence electrons. The zero-order chi connectivity index (χ0) is 29.9. The highest BCUT2D eigenvalue weighted by molar-refractivity contribution is 6.21. The molecule has 0 fully saturated rings. The Kier molecular flexibility index (Phi) is 5.69. The van der Waals surface area contributed by atoms with E-state index in [0.29, 0.717) is 0 Å². The zero-order valence-electron chi connectivity index (χ0n) is 24.7. The zero-order valence-corrected chi connectivity index (χ0v) is 24.7. The van der Waals surface area contributed by atoms with E-state index < -0.39 is 0 Å². The van der Waals surface area contributed by atoms with Gasteiger partial charge in [0, 0.05) is 38.7 Å². The molecule has 0 spiro atoms. The maximum atomic E-state index is 5.17. The van der Waals surface area contributed by atoms with Gasteiger partial charge < -0.3 is 8.97 Å². The quantitative estimate of drug-likeness (QED) is 0.209. The molecule has 0 unspecified atom stereocenters. The van der Waals surface area contributed by atoms with E-state index in [4.69, 9.17) is 9.97 Å². The molecule has 0 saturated carbocycles. The molecule has 0 aliphatic rings. The fraction of sp³-hybridized carbons (Fsp3) is 0.0244. The van der Waals surface area contributed by atoms with Crippen LogP contribution in [-0.4, -0.2) is 18.9 Å². The molecule has 4 aromatic heterocycles. The Bertz CT molecular complexity index is 2530. The molecule has 9 rings (SSSR count). The van der Waals surface area contributed by atoms with Crippen LogP contribution < -0.4 is 0 Å². The van der Waals surface area contributed by atoms with Gasteiger partial charge in [0.2, 0.25) is 0 Å². The minimum atomic E-state index is 0.727. The number of rotatable bonds is 4. The van der Waals surface area contributed by atoms with E-state index in [1.54, 1.807) is 0 Å². The SMILES string of the molecule is Cc1cccc2c3c(c(-c4ccccc4)n12)c1ccccc1n3-c1ccc2nc(-c3ccccc3)nc(-c3ccccc3)c2c1. The van der Waals surface area contributed by atoms with Crippen LogP contribution in [0, 0.1) is 6.92 Å². The molecule has 0 aliphatic carbocycles. The summed E-state index contributed by atoms with van der Waals surface area (Å²) < 4.78 is 4.83. The van der Waals surface area contributed by atoms with Crippen LogP contribution in [0.2, 0.25) is 0 Å². The monoisotopic (exact) mass is 576 g/mol. The van der Waals surface area contributed by atoms with E-state index in [9.17, 15) is 0 Å². The van der Waals surface area contributed by atoms with Gasteiger partial charge in [0.15, 0.2) is 5.82 Å². The van der Waals surface area contributed by atoms with E-state index in [2.05, 4.69) is 143 Å². The summed E-state index contributed by atoms with van der Waals surface area (Å²) in [5, 5.41) is 3.51. The highest BCUT2D eigenvalue weighted by Gasteiger charge is 2.23. The van der Waals surface area contributed by atoms with E-state index in [1.807, 2.05) is 24.3 Å². The molecular formula is C41H28N4. The van der Waals surface area contributed by atoms with Crippen molar-refractivity contribution < 1.29 is 0 Å². The van der Waals surface area contributed by atoms with Crippen LogP contribution in [0.5, 0.6) is 0 Å². The predicted octanol–water partition coefficient (Wildman–Crippen LogP) is 10.3. The summed E-state index contributed by atoms with van der Waals surface area (Å²) in [6.45, 7) is 2.19. The number of hydrogen-bond donors (Lipinski definition) is 0. The van der Waals surface area contributed by atoms with Gasteiger partial charge in [-0.1, -0.05) is 115 Å². The Hall–Kier alpha value is -6.00. The first kappa shape index (κ1) is 25.5.